The second-order valence-electron chi connectivity index (χ2n) is 5.49. The summed E-state index contributed by atoms with van der Waals surface area (Å²) in [7, 11) is 0. The predicted octanol–water partition coefficient (Wildman–Crippen LogP) is 0.746. The van der Waals surface area contributed by atoms with Crippen molar-refractivity contribution in [1.29, 1.82) is 0 Å². The SMILES string of the molecule is NCc1ccccc1CN1C(=O)NC2(CCOCC2)C1=O. The molecule has 0 aliphatic carbocycles. The molecule has 3 amide bonds. The van der Waals surface area contributed by atoms with Gasteiger partial charge in [-0.1, -0.05) is 24.3 Å². The van der Waals surface area contributed by atoms with Crippen molar-refractivity contribution in [2.45, 2.75) is 31.5 Å². The minimum absolute atomic E-state index is 0.150. The van der Waals surface area contributed by atoms with E-state index in [0.717, 1.165) is 11.1 Å². The number of amides is 3. The Bertz CT molecular complexity index is 567. The molecular weight excluding hydrogens is 270 g/mol. The summed E-state index contributed by atoms with van der Waals surface area (Å²) in [5.41, 5.74) is 6.80. The van der Waals surface area contributed by atoms with Gasteiger partial charge in [0.15, 0.2) is 0 Å². The number of nitrogens with one attached hydrogen (secondary N) is 1. The molecular formula is C15H19N3O3. The molecule has 2 saturated heterocycles. The molecule has 1 spiro atoms. The van der Waals surface area contributed by atoms with Crippen LogP contribution in [-0.2, 0) is 22.6 Å². The van der Waals surface area contributed by atoms with Crippen molar-refractivity contribution in [2.24, 2.45) is 5.73 Å². The van der Waals surface area contributed by atoms with Gasteiger partial charge in [0.25, 0.3) is 5.91 Å². The van der Waals surface area contributed by atoms with Gasteiger partial charge in [-0.25, -0.2) is 4.79 Å². The van der Waals surface area contributed by atoms with Gasteiger partial charge in [-0.15, -0.1) is 0 Å². The molecule has 2 heterocycles. The number of carbonyl (C=O) groups is 2. The van der Waals surface area contributed by atoms with Crippen LogP contribution in [0, 0.1) is 0 Å². The molecule has 21 heavy (non-hydrogen) atoms. The first-order valence-electron chi connectivity index (χ1n) is 7.15. The molecule has 6 nitrogen and oxygen atoms in total. The number of nitrogens with zero attached hydrogens (tertiary/aromatic N) is 1. The van der Waals surface area contributed by atoms with E-state index in [9.17, 15) is 9.59 Å². The summed E-state index contributed by atoms with van der Waals surface area (Å²) in [6, 6.07) is 7.28. The molecule has 0 bridgehead atoms. The molecule has 0 atom stereocenters. The number of nitrogens with two attached hydrogens (primary N) is 1. The molecule has 3 rings (SSSR count). The highest BCUT2D eigenvalue weighted by Crippen LogP contribution is 2.29. The van der Waals surface area contributed by atoms with Crippen molar-refractivity contribution >= 4 is 11.9 Å². The van der Waals surface area contributed by atoms with Gasteiger partial charge in [0.05, 0.1) is 6.54 Å². The number of ether oxygens (including phenoxy) is 1. The lowest BCUT2D eigenvalue weighted by atomic mass is 9.90. The second-order valence-corrected chi connectivity index (χ2v) is 5.49. The van der Waals surface area contributed by atoms with E-state index in [1.807, 2.05) is 24.3 Å². The lowest BCUT2D eigenvalue weighted by Gasteiger charge is -2.30. The number of benzene rings is 1. The second kappa shape index (κ2) is 5.46. The standard InChI is InChI=1S/C15H19N3O3/c16-9-11-3-1-2-4-12(11)10-18-13(19)15(17-14(18)20)5-7-21-8-6-15/h1-4H,5-10,16H2,(H,17,20). The average molecular weight is 289 g/mol. The summed E-state index contributed by atoms with van der Waals surface area (Å²) in [5, 5.41) is 2.85. The Labute approximate surface area is 123 Å². The summed E-state index contributed by atoms with van der Waals surface area (Å²) in [4.78, 5) is 26.1. The van der Waals surface area contributed by atoms with Crippen LogP contribution in [0.2, 0.25) is 0 Å². The van der Waals surface area contributed by atoms with Crippen LogP contribution >= 0.6 is 0 Å². The largest absolute Gasteiger partial charge is 0.381 e. The Morgan fingerprint density at radius 3 is 2.52 bits per heavy atom. The molecule has 3 N–H and O–H groups in total. The summed E-state index contributed by atoms with van der Waals surface area (Å²) in [5.74, 6) is -0.150. The molecule has 2 fully saturated rings. The van der Waals surface area contributed by atoms with Crippen LogP contribution in [0.5, 0.6) is 0 Å². The zero-order valence-corrected chi connectivity index (χ0v) is 11.8. The molecule has 112 valence electrons. The van der Waals surface area contributed by atoms with Crippen LogP contribution in [0.25, 0.3) is 0 Å². The van der Waals surface area contributed by atoms with Crippen LogP contribution in [-0.4, -0.2) is 35.6 Å². The minimum Gasteiger partial charge on any atom is -0.381 e. The number of imide groups is 1. The van der Waals surface area contributed by atoms with Gasteiger partial charge in [0.2, 0.25) is 0 Å². The van der Waals surface area contributed by atoms with E-state index in [4.69, 9.17) is 10.5 Å². The number of rotatable bonds is 3. The van der Waals surface area contributed by atoms with Crippen LogP contribution in [0.1, 0.15) is 24.0 Å². The van der Waals surface area contributed by atoms with Gasteiger partial charge in [-0.05, 0) is 11.1 Å². The topological polar surface area (TPSA) is 84.7 Å². The van der Waals surface area contributed by atoms with Crippen molar-refractivity contribution in [3.05, 3.63) is 35.4 Å². The van der Waals surface area contributed by atoms with E-state index in [1.54, 1.807) is 0 Å². The number of hydrogen-bond donors (Lipinski definition) is 2. The zero-order valence-electron chi connectivity index (χ0n) is 11.8. The highest BCUT2D eigenvalue weighted by molar-refractivity contribution is 6.07. The first-order chi connectivity index (χ1) is 10.2. The first kappa shape index (κ1) is 14.0. The fourth-order valence-electron chi connectivity index (χ4n) is 2.96. The third kappa shape index (κ3) is 2.41. The highest BCUT2D eigenvalue weighted by Gasteiger charge is 2.51. The maximum atomic E-state index is 12.7. The molecule has 0 saturated carbocycles. The maximum absolute atomic E-state index is 12.7. The van der Waals surface area contributed by atoms with E-state index in [1.165, 1.54) is 4.90 Å². The molecule has 1 aromatic rings. The fraction of sp³-hybridized carbons (Fsp3) is 0.467. The predicted molar refractivity (Wildman–Crippen MR) is 76.2 cm³/mol. The Kier molecular flexibility index (Phi) is 3.65. The summed E-state index contributed by atoms with van der Waals surface area (Å²) in [6.07, 6.45) is 1.07. The van der Waals surface area contributed by atoms with Gasteiger partial charge >= 0.3 is 6.03 Å². The van der Waals surface area contributed by atoms with E-state index in [0.29, 0.717) is 32.6 Å². The Morgan fingerprint density at radius 2 is 1.86 bits per heavy atom. The van der Waals surface area contributed by atoms with Crippen LogP contribution in [0.3, 0.4) is 0 Å². The Hall–Kier alpha value is -1.92. The summed E-state index contributed by atoms with van der Waals surface area (Å²) >= 11 is 0. The van der Waals surface area contributed by atoms with Crippen molar-refractivity contribution < 1.29 is 14.3 Å². The number of hydrogen-bond acceptors (Lipinski definition) is 4. The van der Waals surface area contributed by atoms with Crippen molar-refractivity contribution in [3.8, 4) is 0 Å². The van der Waals surface area contributed by atoms with Crippen LogP contribution < -0.4 is 11.1 Å². The molecule has 6 heteroatoms. The number of urea groups is 1. The molecule has 0 radical (unpaired) electrons. The molecule has 0 unspecified atom stereocenters. The lowest BCUT2D eigenvalue weighted by molar-refractivity contribution is -0.134. The molecule has 2 aliphatic rings. The first-order valence-corrected chi connectivity index (χ1v) is 7.15. The third-order valence-corrected chi connectivity index (χ3v) is 4.26. The minimum atomic E-state index is -0.771. The quantitative estimate of drug-likeness (QED) is 0.804. The van der Waals surface area contributed by atoms with Crippen molar-refractivity contribution in [3.63, 3.8) is 0 Å². The Morgan fingerprint density at radius 1 is 1.19 bits per heavy atom. The number of carbonyl (C=O) groups excluding carboxylic acids is 2. The van der Waals surface area contributed by atoms with E-state index >= 15 is 0 Å². The van der Waals surface area contributed by atoms with Gasteiger partial charge in [0.1, 0.15) is 5.54 Å². The van der Waals surface area contributed by atoms with Crippen LogP contribution in [0.15, 0.2) is 24.3 Å². The average Bonchev–Trinajstić information content (AvgIpc) is 2.73. The monoisotopic (exact) mass is 289 g/mol. The molecule has 1 aromatic carbocycles. The van der Waals surface area contributed by atoms with Gasteiger partial charge in [-0.3, -0.25) is 9.69 Å². The fourth-order valence-corrected chi connectivity index (χ4v) is 2.96. The van der Waals surface area contributed by atoms with E-state index < -0.39 is 5.54 Å². The van der Waals surface area contributed by atoms with Crippen LogP contribution in [0.4, 0.5) is 4.79 Å². The Balaban J connectivity index is 1.82. The van der Waals surface area contributed by atoms with Crippen molar-refractivity contribution in [1.82, 2.24) is 10.2 Å². The van der Waals surface area contributed by atoms with Gasteiger partial charge in [0, 0.05) is 32.6 Å². The zero-order chi connectivity index (χ0) is 14.9. The molecule has 2 aliphatic heterocycles. The van der Waals surface area contributed by atoms with E-state index in [-0.39, 0.29) is 18.5 Å². The lowest BCUT2D eigenvalue weighted by Crippen LogP contribution is -2.51. The van der Waals surface area contributed by atoms with Gasteiger partial charge in [-0.2, -0.15) is 0 Å². The van der Waals surface area contributed by atoms with E-state index in [2.05, 4.69) is 5.32 Å². The highest BCUT2D eigenvalue weighted by atomic mass is 16.5. The maximum Gasteiger partial charge on any atom is 0.325 e. The smallest absolute Gasteiger partial charge is 0.325 e. The summed E-state index contributed by atoms with van der Waals surface area (Å²) < 4.78 is 5.29. The van der Waals surface area contributed by atoms with Gasteiger partial charge < -0.3 is 15.8 Å². The third-order valence-electron chi connectivity index (χ3n) is 4.26. The normalized spacial score (nSPS) is 20.9. The summed E-state index contributed by atoms with van der Waals surface area (Å²) in [6.45, 7) is 1.65. The van der Waals surface area contributed by atoms with Crippen molar-refractivity contribution in [2.75, 3.05) is 13.2 Å². The molecule has 0 aromatic heterocycles.